The molecule has 0 aromatic carbocycles. The molecule has 0 saturated carbocycles. The predicted molar refractivity (Wildman–Crippen MR) is 47.4 cm³/mol. The summed E-state index contributed by atoms with van der Waals surface area (Å²) in [5, 5.41) is 0.459. The lowest BCUT2D eigenvalue weighted by molar-refractivity contribution is -0.131. The number of hydrogen-bond donors (Lipinski definition) is 1. The summed E-state index contributed by atoms with van der Waals surface area (Å²) in [6.45, 7) is 1.28. The summed E-state index contributed by atoms with van der Waals surface area (Å²) in [7, 11) is 0. The summed E-state index contributed by atoms with van der Waals surface area (Å²) >= 11 is 0. The van der Waals surface area contributed by atoms with Crippen molar-refractivity contribution in [2.75, 3.05) is 0 Å². The van der Waals surface area contributed by atoms with E-state index in [1.165, 1.54) is 19.2 Å². The van der Waals surface area contributed by atoms with Crippen molar-refractivity contribution in [1.82, 2.24) is 9.97 Å². The van der Waals surface area contributed by atoms with Gasteiger partial charge in [-0.2, -0.15) is 0 Å². The zero-order chi connectivity index (χ0) is 10.1. The topological polar surface area (TPSA) is 55.0 Å². The van der Waals surface area contributed by atoms with E-state index in [2.05, 4.69) is 9.97 Å². The number of fused-ring (bicyclic) bond motifs is 1. The second-order valence-electron chi connectivity index (χ2n) is 2.80. The van der Waals surface area contributed by atoms with Gasteiger partial charge in [0.1, 0.15) is 11.5 Å². The fourth-order valence-corrected chi connectivity index (χ4v) is 1.19. The lowest BCUT2D eigenvalue weighted by Gasteiger charge is -1.97. The van der Waals surface area contributed by atoms with Gasteiger partial charge in [0.15, 0.2) is 5.75 Å². The van der Waals surface area contributed by atoms with Crippen molar-refractivity contribution in [2.24, 2.45) is 0 Å². The summed E-state index contributed by atoms with van der Waals surface area (Å²) in [6.07, 6.45) is 2.56. The van der Waals surface area contributed by atoms with Crippen molar-refractivity contribution in [2.45, 2.75) is 6.92 Å². The molecule has 0 aliphatic rings. The summed E-state index contributed by atoms with van der Waals surface area (Å²) in [5.74, 6) is -0.625. The van der Waals surface area contributed by atoms with E-state index in [-0.39, 0.29) is 0 Å². The molecular weight excluding hydrogens is 187 g/mol. The van der Waals surface area contributed by atoms with Crippen molar-refractivity contribution in [3.8, 4) is 5.75 Å². The van der Waals surface area contributed by atoms with Crippen molar-refractivity contribution < 1.29 is 13.9 Å². The van der Waals surface area contributed by atoms with Crippen molar-refractivity contribution >= 4 is 17.0 Å². The molecule has 0 spiro atoms. The minimum absolute atomic E-state index is 0.291. The number of hydrogen-bond acceptors (Lipinski definition) is 3. The number of pyridine rings is 1. The molecule has 0 bridgehead atoms. The van der Waals surface area contributed by atoms with Gasteiger partial charge in [-0.1, -0.05) is 0 Å². The van der Waals surface area contributed by atoms with Crippen LogP contribution >= 0.6 is 0 Å². The number of esters is 1. The Labute approximate surface area is 78.7 Å². The van der Waals surface area contributed by atoms with E-state index < -0.39 is 11.8 Å². The van der Waals surface area contributed by atoms with Gasteiger partial charge in [0.05, 0.1) is 11.6 Å². The quantitative estimate of drug-likeness (QED) is 0.702. The number of rotatable bonds is 1. The molecule has 0 amide bonds. The van der Waals surface area contributed by atoms with E-state index in [4.69, 9.17) is 4.74 Å². The summed E-state index contributed by atoms with van der Waals surface area (Å²) in [6, 6.07) is 1.26. The van der Waals surface area contributed by atoms with Crippen LogP contribution in [0, 0.1) is 5.82 Å². The van der Waals surface area contributed by atoms with Crippen LogP contribution in [0.1, 0.15) is 6.92 Å². The van der Waals surface area contributed by atoms with Crippen LogP contribution in [0.15, 0.2) is 18.5 Å². The van der Waals surface area contributed by atoms with Crippen LogP contribution < -0.4 is 4.74 Å². The zero-order valence-corrected chi connectivity index (χ0v) is 7.37. The predicted octanol–water partition coefficient (Wildman–Crippen LogP) is 1.63. The first-order chi connectivity index (χ1) is 6.66. The lowest BCUT2D eigenvalue weighted by atomic mass is 10.3. The van der Waals surface area contributed by atoms with E-state index in [0.29, 0.717) is 16.8 Å². The highest BCUT2D eigenvalue weighted by molar-refractivity contribution is 5.85. The molecular formula is C9H7FN2O2. The Morgan fingerprint density at radius 3 is 3.14 bits per heavy atom. The first-order valence-corrected chi connectivity index (χ1v) is 3.98. The van der Waals surface area contributed by atoms with E-state index in [1.807, 2.05) is 0 Å². The largest absolute Gasteiger partial charge is 0.424 e. The number of nitrogens with one attached hydrogen (secondary N) is 1. The van der Waals surface area contributed by atoms with Gasteiger partial charge in [0, 0.05) is 13.1 Å². The number of halogens is 1. The molecule has 2 aromatic rings. The van der Waals surface area contributed by atoms with E-state index >= 15 is 0 Å². The van der Waals surface area contributed by atoms with Crippen LogP contribution in [0.4, 0.5) is 4.39 Å². The Balaban J connectivity index is 2.55. The third-order valence-electron chi connectivity index (χ3n) is 1.71. The second-order valence-corrected chi connectivity index (χ2v) is 2.80. The smallest absolute Gasteiger partial charge is 0.308 e. The Morgan fingerprint density at radius 2 is 2.43 bits per heavy atom. The first kappa shape index (κ1) is 8.68. The van der Waals surface area contributed by atoms with Crippen LogP contribution in [0.2, 0.25) is 0 Å². The van der Waals surface area contributed by atoms with Gasteiger partial charge in [-0.25, -0.2) is 9.37 Å². The average molecular weight is 194 g/mol. The molecule has 2 aromatic heterocycles. The molecule has 5 heteroatoms. The van der Waals surface area contributed by atoms with Crippen molar-refractivity contribution in [3.05, 3.63) is 24.3 Å². The fraction of sp³-hybridized carbons (Fsp3) is 0.111. The number of aromatic nitrogens is 2. The molecule has 72 valence electrons. The van der Waals surface area contributed by atoms with Crippen LogP contribution in [0.5, 0.6) is 5.75 Å². The highest BCUT2D eigenvalue weighted by Crippen LogP contribution is 2.24. The van der Waals surface area contributed by atoms with Gasteiger partial charge in [-0.3, -0.25) is 4.79 Å². The number of carbonyl (C=O) groups excluding carboxylic acids is 1. The second kappa shape index (κ2) is 3.10. The van der Waals surface area contributed by atoms with Gasteiger partial charge in [-0.15, -0.1) is 0 Å². The SMILES string of the molecule is CC(=O)Oc1c[nH]c2ncc(F)cc12. The maximum absolute atomic E-state index is 12.8. The Morgan fingerprint density at radius 1 is 1.64 bits per heavy atom. The van der Waals surface area contributed by atoms with E-state index in [9.17, 15) is 9.18 Å². The van der Waals surface area contributed by atoms with Crippen molar-refractivity contribution in [1.29, 1.82) is 0 Å². The van der Waals surface area contributed by atoms with Gasteiger partial charge < -0.3 is 9.72 Å². The number of nitrogens with zero attached hydrogens (tertiary/aromatic N) is 1. The molecule has 0 saturated heterocycles. The molecule has 14 heavy (non-hydrogen) atoms. The number of carbonyl (C=O) groups is 1. The molecule has 4 nitrogen and oxygen atoms in total. The highest BCUT2D eigenvalue weighted by Gasteiger charge is 2.08. The number of aromatic amines is 1. The molecule has 0 radical (unpaired) electrons. The number of H-pyrrole nitrogens is 1. The minimum atomic E-state index is -0.467. The molecule has 2 rings (SSSR count). The molecule has 0 fully saturated rings. The standard InChI is InChI=1S/C9H7FN2O2/c1-5(13)14-8-4-12-9-7(8)2-6(10)3-11-9/h2-4H,1H3,(H,11,12). The van der Waals surface area contributed by atoms with E-state index in [1.54, 1.807) is 0 Å². The van der Waals surface area contributed by atoms with Gasteiger partial charge in [0.2, 0.25) is 0 Å². The Kier molecular flexibility index (Phi) is 1.92. The maximum atomic E-state index is 12.8. The van der Waals surface area contributed by atoms with Crippen LogP contribution in [-0.4, -0.2) is 15.9 Å². The monoisotopic (exact) mass is 194 g/mol. The maximum Gasteiger partial charge on any atom is 0.308 e. The zero-order valence-electron chi connectivity index (χ0n) is 7.37. The van der Waals surface area contributed by atoms with Gasteiger partial charge >= 0.3 is 5.97 Å². The normalized spacial score (nSPS) is 10.4. The van der Waals surface area contributed by atoms with Crippen LogP contribution in [0.3, 0.4) is 0 Å². The Bertz CT molecular complexity index is 493. The summed E-state index contributed by atoms with van der Waals surface area (Å²) < 4.78 is 17.7. The third kappa shape index (κ3) is 1.44. The van der Waals surface area contributed by atoms with E-state index in [0.717, 1.165) is 6.20 Å². The molecule has 1 N–H and O–H groups in total. The van der Waals surface area contributed by atoms with Crippen molar-refractivity contribution in [3.63, 3.8) is 0 Å². The molecule has 0 unspecified atom stereocenters. The van der Waals surface area contributed by atoms with Crippen LogP contribution in [0.25, 0.3) is 11.0 Å². The molecule has 0 aliphatic carbocycles. The van der Waals surface area contributed by atoms with Gasteiger partial charge in [0.25, 0.3) is 0 Å². The first-order valence-electron chi connectivity index (χ1n) is 3.98. The fourth-order valence-electron chi connectivity index (χ4n) is 1.19. The highest BCUT2D eigenvalue weighted by atomic mass is 19.1. The molecule has 0 aliphatic heterocycles. The summed E-state index contributed by atoms with van der Waals surface area (Å²) in [4.78, 5) is 17.2. The van der Waals surface area contributed by atoms with Crippen LogP contribution in [-0.2, 0) is 4.79 Å². The third-order valence-corrected chi connectivity index (χ3v) is 1.71. The Hall–Kier alpha value is -1.91. The minimum Gasteiger partial charge on any atom is -0.424 e. The summed E-state index contributed by atoms with van der Waals surface area (Å²) in [5.41, 5.74) is 0.489. The molecule has 2 heterocycles. The lowest BCUT2D eigenvalue weighted by Crippen LogP contribution is -2.00. The number of ether oxygens (including phenoxy) is 1. The van der Waals surface area contributed by atoms with Gasteiger partial charge in [-0.05, 0) is 6.07 Å². The molecule has 0 atom stereocenters. The average Bonchev–Trinajstić information content (AvgIpc) is 2.47.